The Kier molecular flexibility index (Phi) is 6.25. The van der Waals surface area contributed by atoms with Crippen molar-refractivity contribution in [3.8, 4) is 0 Å². The van der Waals surface area contributed by atoms with Crippen LogP contribution >= 0.6 is 11.6 Å². The van der Waals surface area contributed by atoms with Gasteiger partial charge in [0.1, 0.15) is 0 Å². The summed E-state index contributed by atoms with van der Waals surface area (Å²) in [5.41, 5.74) is 3.56. The van der Waals surface area contributed by atoms with Gasteiger partial charge in [0.15, 0.2) is 0 Å². The summed E-state index contributed by atoms with van der Waals surface area (Å²) in [5.74, 6) is -0.227. The van der Waals surface area contributed by atoms with Gasteiger partial charge in [0.2, 0.25) is 10.0 Å². The number of hydrogen-bond donors (Lipinski definition) is 1. The van der Waals surface area contributed by atoms with Gasteiger partial charge in [-0.15, -0.1) is 0 Å². The van der Waals surface area contributed by atoms with E-state index in [1.807, 2.05) is 31.2 Å². The van der Waals surface area contributed by atoms with Crippen LogP contribution < -0.4 is 9.62 Å². The maximum atomic E-state index is 12.4. The summed E-state index contributed by atoms with van der Waals surface area (Å²) >= 11 is 6.01. The molecule has 0 saturated carbocycles. The number of amides is 1. The van der Waals surface area contributed by atoms with E-state index in [1.165, 1.54) is 4.31 Å². The number of halogens is 1. The second-order valence-corrected chi connectivity index (χ2v) is 9.11. The molecule has 1 N–H and O–H groups in total. The third kappa shape index (κ3) is 5.59. The number of sulfonamides is 1. The maximum absolute atomic E-state index is 12.4. The largest absolute Gasteiger partial charge is 0.322 e. The van der Waals surface area contributed by atoms with Gasteiger partial charge in [-0.25, -0.2) is 8.42 Å². The molecule has 150 valence electrons. The van der Waals surface area contributed by atoms with Crippen LogP contribution in [0.2, 0.25) is 5.02 Å². The topological polar surface area (TPSA) is 66.5 Å². The summed E-state index contributed by atoms with van der Waals surface area (Å²) in [7, 11) is -3.51. The molecule has 0 radical (unpaired) electrons. The molecule has 29 heavy (non-hydrogen) atoms. The standard InChI is InChI=1S/C22H21ClN2O3S/c1-16-6-12-20(13-7-16)24-22(26)18-10-8-17(9-11-18)15-25(29(2,27)28)21-5-3-4-19(23)14-21/h3-14H,15H2,1-2H3,(H,24,26). The fraction of sp³-hybridized carbons (Fsp3) is 0.136. The minimum absolute atomic E-state index is 0.138. The number of aryl methyl sites for hydroxylation is 1. The number of carbonyl (C=O) groups is 1. The lowest BCUT2D eigenvalue weighted by Crippen LogP contribution is -2.29. The first-order chi connectivity index (χ1) is 13.7. The lowest BCUT2D eigenvalue weighted by atomic mass is 10.1. The highest BCUT2D eigenvalue weighted by Gasteiger charge is 2.18. The molecule has 3 aromatic carbocycles. The normalized spacial score (nSPS) is 11.1. The summed E-state index contributed by atoms with van der Waals surface area (Å²) in [4.78, 5) is 12.4. The Morgan fingerprint density at radius 3 is 2.24 bits per heavy atom. The van der Waals surface area contributed by atoms with Gasteiger partial charge >= 0.3 is 0 Å². The molecule has 0 aliphatic heterocycles. The van der Waals surface area contributed by atoms with E-state index in [9.17, 15) is 13.2 Å². The number of rotatable bonds is 6. The van der Waals surface area contributed by atoms with Crippen LogP contribution in [0.25, 0.3) is 0 Å². The molecule has 7 heteroatoms. The zero-order valence-electron chi connectivity index (χ0n) is 16.1. The predicted octanol–water partition coefficient (Wildman–Crippen LogP) is 4.87. The molecule has 0 heterocycles. The Labute approximate surface area is 176 Å². The summed E-state index contributed by atoms with van der Waals surface area (Å²) in [5, 5.41) is 3.30. The van der Waals surface area contributed by atoms with E-state index in [0.29, 0.717) is 22.0 Å². The molecule has 0 bridgehead atoms. The molecule has 0 aliphatic carbocycles. The van der Waals surface area contributed by atoms with Crippen molar-refractivity contribution in [1.29, 1.82) is 0 Å². The number of benzene rings is 3. The Morgan fingerprint density at radius 2 is 1.66 bits per heavy atom. The van der Waals surface area contributed by atoms with Gasteiger partial charge in [0, 0.05) is 16.3 Å². The molecule has 0 spiro atoms. The van der Waals surface area contributed by atoms with Gasteiger partial charge in [-0.05, 0) is 55.0 Å². The van der Waals surface area contributed by atoms with E-state index in [0.717, 1.165) is 17.4 Å². The van der Waals surface area contributed by atoms with Crippen molar-refractivity contribution in [2.24, 2.45) is 0 Å². The molecule has 3 aromatic rings. The molecule has 0 unspecified atom stereocenters. The maximum Gasteiger partial charge on any atom is 0.255 e. The predicted molar refractivity (Wildman–Crippen MR) is 118 cm³/mol. The van der Waals surface area contributed by atoms with Crippen LogP contribution in [0.5, 0.6) is 0 Å². The summed E-state index contributed by atoms with van der Waals surface area (Å²) in [6.45, 7) is 2.12. The molecule has 0 fully saturated rings. The minimum atomic E-state index is -3.51. The van der Waals surface area contributed by atoms with Crippen LogP contribution in [0, 0.1) is 6.92 Å². The highest BCUT2D eigenvalue weighted by atomic mass is 35.5. The van der Waals surface area contributed by atoms with E-state index in [4.69, 9.17) is 11.6 Å². The lowest BCUT2D eigenvalue weighted by Gasteiger charge is -2.22. The number of hydrogen-bond acceptors (Lipinski definition) is 3. The van der Waals surface area contributed by atoms with Crippen molar-refractivity contribution >= 4 is 38.9 Å². The van der Waals surface area contributed by atoms with Crippen LogP contribution in [0.15, 0.2) is 72.8 Å². The molecule has 5 nitrogen and oxygen atoms in total. The fourth-order valence-electron chi connectivity index (χ4n) is 2.80. The highest BCUT2D eigenvalue weighted by Crippen LogP contribution is 2.24. The Balaban J connectivity index is 1.76. The number of nitrogens with zero attached hydrogens (tertiary/aromatic N) is 1. The van der Waals surface area contributed by atoms with Crippen molar-refractivity contribution in [3.05, 3.63) is 94.5 Å². The molecular formula is C22H21ClN2O3S. The third-order valence-corrected chi connectivity index (χ3v) is 5.72. The van der Waals surface area contributed by atoms with Gasteiger partial charge in [0.05, 0.1) is 18.5 Å². The first-order valence-electron chi connectivity index (χ1n) is 8.92. The van der Waals surface area contributed by atoms with Gasteiger partial charge in [-0.2, -0.15) is 0 Å². The van der Waals surface area contributed by atoms with Crippen LogP contribution in [0.3, 0.4) is 0 Å². The van der Waals surface area contributed by atoms with Crippen molar-refractivity contribution in [1.82, 2.24) is 0 Å². The zero-order chi connectivity index (χ0) is 21.0. The first-order valence-corrected chi connectivity index (χ1v) is 11.2. The summed E-state index contributed by atoms with van der Waals surface area (Å²) in [6, 6.07) is 21.1. The fourth-order valence-corrected chi connectivity index (χ4v) is 3.86. The molecular weight excluding hydrogens is 408 g/mol. The Hall–Kier alpha value is -2.83. The van der Waals surface area contributed by atoms with E-state index in [2.05, 4.69) is 5.32 Å². The summed E-state index contributed by atoms with van der Waals surface area (Å²) < 4.78 is 25.8. The Morgan fingerprint density at radius 1 is 1.00 bits per heavy atom. The average Bonchev–Trinajstić information content (AvgIpc) is 2.67. The molecule has 0 aliphatic rings. The quantitative estimate of drug-likeness (QED) is 0.609. The van der Waals surface area contributed by atoms with Crippen molar-refractivity contribution in [2.45, 2.75) is 13.5 Å². The van der Waals surface area contributed by atoms with Gasteiger partial charge in [-0.3, -0.25) is 9.10 Å². The number of carbonyl (C=O) groups excluding carboxylic acids is 1. The van der Waals surface area contributed by atoms with E-state index in [-0.39, 0.29) is 12.5 Å². The van der Waals surface area contributed by atoms with E-state index >= 15 is 0 Å². The zero-order valence-corrected chi connectivity index (χ0v) is 17.7. The average molecular weight is 429 g/mol. The second-order valence-electron chi connectivity index (χ2n) is 6.77. The van der Waals surface area contributed by atoms with Crippen LogP contribution in [-0.2, 0) is 16.6 Å². The Bertz CT molecular complexity index is 1110. The monoisotopic (exact) mass is 428 g/mol. The van der Waals surface area contributed by atoms with Crippen LogP contribution in [0.4, 0.5) is 11.4 Å². The van der Waals surface area contributed by atoms with Crippen LogP contribution in [0.1, 0.15) is 21.5 Å². The molecule has 3 rings (SSSR count). The SMILES string of the molecule is Cc1ccc(NC(=O)c2ccc(CN(c3cccc(Cl)c3)S(C)(=O)=O)cc2)cc1. The smallest absolute Gasteiger partial charge is 0.255 e. The lowest BCUT2D eigenvalue weighted by molar-refractivity contribution is 0.102. The van der Waals surface area contributed by atoms with Crippen molar-refractivity contribution in [2.75, 3.05) is 15.9 Å². The molecule has 0 atom stereocenters. The van der Waals surface area contributed by atoms with Gasteiger partial charge in [0.25, 0.3) is 5.91 Å². The molecule has 0 saturated heterocycles. The number of anilines is 2. The van der Waals surface area contributed by atoms with E-state index < -0.39 is 10.0 Å². The highest BCUT2D eigenvalue weighted by molar-refractivity contribution is 7.92. The van der Waals surface area contributed by atoms with Crippen LogP contribution in [-0.4, -0.2) is 20.6 Å². The van der Waals surface area contributed by atoms with Gasteiger partial charge < -0.3 is 5.32 Å². The second kappa shape index (κ2) is 8.68. The minimum Gasteiger partial charge on any atom is -0.322 e. The van der Waals surface area contributed by atoms with Crippen molar-refractivity contribution < 1.29 is 13.2 Å². The van der Waals surface area contributed by atoms with Crippen molar-refractivity contribution in [3.63, 3.8) is 0 Å². The number of nitrogens with one attached hydrogen (secondary N) is 1. The third-order valence-electron chi connectivity index (χ3n) is 4.35. The first kappa shape index (κ1) is 20.9. The summed E-state index contributed by atoms with van der Waals surface area (Å²) in [6.07, 6.45) is 1.15. The molecule has 0 aromatic heterocycles. The molecule has 1 amide bonds. The van der Waals surface area contributed by atoms with E-state index in [1.54, 1.807) is 48.5 Å². The van der Waals surface area contributed by atoms with Gasteiger partial charge in [-0.1, -0.05) is 47.5 Å².